The van der Waals surface area contributed by atoms with Crippen molar-refractivity contribution in [2.24, 2.45) is 50.3 Å². The van der Waals surface area contributed by atoms with Gasteiger partial charge in [-0.15, -0.1) is 0 Å². The molecule has 1 aliphatic rings. The number of aliphatic hydroxyl groups excluding tert-OH is 1. The summed E-state index contributed by atoms with van der Waals surface area (Å²) in [5.41, 5.74) is 32.0. The molecule has 1 saturated heterocycles. The summed E-state index contributed by atoms with van der Waals surface area (Å²) in [6, 6.07) is -8.40. The molecule has 0 radical (unpaired) electrons. The van der Waals surface area contributed by atoms with Crippen molar-refractivity contribution in [3.63, 3.8) is 0 Å². The maximum atomic E-state index is 13.7. The van der Waals surface area contributed by atoms with Crippen molar-refractivity contribution >= 4 is 77.0 Å². The number of nitrogens with two attached hydrogens (primary N) is 6. The zero-order valence-corrected chi connectivity index (χ0v) is 38.6. The summed E-state index contributed by atoms with van der Waals surface area (Å²) in [7, 11) is 0. The number of rotatable bonds is 32. The summed E-state index contributed by atoms with van der Waals surface area (Å²) in [6.45, 7) is 1.35. The summed E-state index contributed by atoms with van der Waals surface area (Å²) in [5.74, 6) is -11.4. The minimum absolute atomic E-state index is 0.0300. The van der Waals surface area contributed by atoms with Gasteiger partial charge in [-0.05, 0) is 50.9 Å². The zero-order valence-electron chi connectivity index (χ0n) is 38.6. The number of carbonyl (C=O) groups excluding carboxylic acids is 9. The van der Waals surface area contributed by atoms with E-state index in [1.165, 1.54) is 0 Å². The highest BCUT2D eigenvalue weighted by molar-refractivity contribution is 5.97. The number of hydrogen-bond acceptors (Lipinski definition) is 15. The van der Waals surface area contributed by atoms with Crippen LogP contribution in [-0.4, -0.2) is 179 Å². The number of carboxylic acid groups (broad SMARTS) is 2. The summed E-state index contributed by atoms with van der Waals surface area (Å²) in [4.78, 5) is 149. The van der Waals surface area contributed by atoms with Crippen LogP contribution in [0.1, 0.15) is 78.1 Å². The molecule has 30 heteroatoms. The zero-order chi connectivity index (χ0) is 52.4. The molecule has 0 aromatic carbocycles. The lowest BCUT2D eigenvalue weighted by atomic mass is 10.0. The third-order valence-corrected chi connectivity index (χ3v) is 10.0. The number of aliphatic hydroxyl groups is 1. The fraction of sp³-hybridized carbons (Fsp3) is 0.667. The van der Waals surface area contributed by atoms with E-state index >= 15 is 0 Å². The Labute approximate surface area is 396 Å². The van der Waals surface area contributed by atoms with Crippen molar-refractivity contribution in [2.75, 3.05) is 39.3 Å². The van der Waals surface area contributed by atoms with Gasteiger partial charge in [0.2, 0.25) is 53.2 Å². The Morgan fingerprint density at radius 1 is 0.623 bits per heavy atom. The lowest BCUT2D eigenvalue weighted by molar-refractivity contribution is -0.143. The van der Waals surface area contributed by atoms with Crippen LogP contribution in [0.3, 0.4) is 0 Å². The van der Waals surface area contributed by atoms with Crippen LogP contribution in [0.5, 0.6) is 0 Å². The number of amides is 9. The van der Waals surface area contributed by atoms with E-state index < -0.39 is 153 Å². The molecule has 1 fully saturated rings. The molecule has 1 aliphatic heterocycles. The molecular weight excluding hydrogens is 917 g/mol. The normalized spacial score (nSPS) is 16.2. The lowest BCUT2D eigenvalue weighted by Crippen LogP contribution is -2.57. The first-order chi connectivity index (χ1) is 32.3. The lowest BCUT2D eigenvalue weighted by Gasteiger charge is -2.29. The van der Waals surface area contributed by atoms with Gasteiger partial charge in [-0.25, -0.2) is 4.79 Å². The van der Waals surface area contributed by atoms with E-state index in [1.54, 1.807) is 13.8 Å². The predicted molar refractivity (Wildman–Crippen MR) is 243 cm³/mol. The van der Waals surface area contributed by atoms with E-state index in [1.807, 2.05) is 0 Å². The number of likely N-dealkylation sites (tertiary alicyclic amines) is 1. The molecule has 30 nitrogen and oxygen atoms in total. The van der Waals surface area contributed by atoms with Crippen molar-refractivity contribution in [1.29, 1.82) is 0 Å². The second kappa shape index (κ2) is 30.8. The molecule has 69 heavy (non-hydrogen) atoms. The summed E-state index contributed by atoms with van der Waals surface area (Å²) >= 11 is 0. The van der Waals surface area contributed by atoms with Crippen LogP contribution in [0.4, 0.5) is 0 Å². The Morgan fingerprint density at radius 2 is 1.10 bits per heavy atom. The quantitative estimate of drug-likeness (QED) is 0.0169. The van der Waals surface area contributed by atoms with E-state index in [4.69, 9.17) is 34.4 Å². The smallest absolute Gasteiger partial charge is 0.326 e. The van der Waals surface area contributed by atoms with E-state index in [9.17, 15) is 68.1 Å². The van der Waals surface area contributed by atoms with Crippen LogP contribution in [0.25, 0.3) is 0 Å². The van der Waals surface area contributed by atoms with Crippen LogP contribution < -0.4 is 71.6 Å². The van der Waals surface area contributed by atoms with Gasteiger partial charge < -0.3 is 91.8 Å². The number of carboxylic acids is 2. The number of nitrogens with zero attached hydrogens (tertiary/aromatic N) is 3. The average Bonchev–Trinajstić information content (AvgIpc) is 3.66. The van der Waals surface area contributed by atoms with Crippen molar-refractivity contribution < 1.29 is 68.1 Å². The first-order valence-electron chi connectivity index (χ1n) is 21.9. The molecule has 388 valence electrons. The highest BCUT2D eigenvalue weighted by Crippen LogP contribution is 2.21. The number of hydrogen-bond donors (Lipinski definition) is 16. The van der Waals surface area contributed by atoms with Gasteiger partial charge in [0.15, 0.2) is 11.9 Å². The molecule has 0 aromatic heterocycles. The van der Waals surface area contributed by atoms with Crippen LogP contribution in [0.15, 0.2) is 9.98 Å². The fourth-order valence-electron chi connectivity index (χ4n) is 6.69. The van der Waals surface area contributed by atoms with Gasteiger partial charge in [-0.3, -0.25) is 57.9 Å². The Kier molecular flexibility index (Phi) is 26.6. The van der Waals surface area contributed by atoms with E-state index in [-0.39, 0.29) is 76.0 Å². The first-order valence-corrected chi connectivity index (χ1v) is 21.9. The molecule has 1 heterocycles. The van der Waals surface area contributed by atoms with Gasteiger partial charge in [0.05, 0.1) is 25.7 Å². The van der Waals surface area contributed by atoms with Crippen molar-refractivity contribution in [3.05, 3.63) is 0 Å². The molecule has 0 bridgehead atoms. The number of nitrogens with one attached hydrogen (secondary N) is 7. The maximum absolute atomic E-state index is 13.7. The fourth-order valence-corrected chi connectivity index (χ4v) is 6.69. The topological polar surface area (TPSA) is 517 Å². The summed E-state index contributed by atoms with van der Waals surface area (Å²) < 4.78 is 0. The third kappa shape index (κ3) is 24.3. The minimum atomic E-state index is -1.58. The number of carbonyl (C=O) groups is 11. The monoisotopic (exact) mass is 985 g/mol. The van der Waals surface area contributed by atoms with Crippen molar-refractivity contribution in [1.82, 2.24) is 42.1 Å². The predicted octanol–water partition coefficient (Wildman–Crippen LogP) is -8.07. The Balaban J connectivity index is 3.17. The van der Waals surface area contributed by atoms with Crippen LogP contribution in [0.2, 0.25) is 0 Å². The Bertz CT molecular complexity index is 1890. The van der Waals surface area contributed by atoms with Crippen molar-refractivity contribution in [2.45, 2.75) is 120 Å². The second-order valence-electron chi connectivity index (χ2n) is 16.3. The average molecular weight is 985 g/mol. The molecule has 1 rings (SSSR count). The van der Waals surface area contributed by atoms with E-state index in [2.05, 4.69) is 47.2 Å². The molecule has 9 amide bonds. The number of primary amides is 1. The van der Waals surface area contributed by atoms with Gasteiger partial charge in [0, 0.05) is 38.9 Å². The van der Waals surface area contributed by atoms with Crippen molar-refractivity contribution in [3.8, 4) is 0 Å². The largest absolute Gasteiger partial charge is 0.481 e. The number of aliphatic carboxylic acids is 2. The maximum Gasteiger partial charge on any atom is 0.326 e. The Hall–Kier alpha value is -7.37. The highest BCUT2D eigenvalue weighted by Gasteiger charge is 2.42. The second-order valence-corrected chi connectivity index (χ2v) is 16.3. The van der Waals surface area contributed by atoms with Crippen LogP contribution in [-0.2, 0) is 52.7 Å². The number of β-amino-alcohol motifs (C(OH)–C–C–N with tert-alkyl or cyclic N) is 1. The molecule has 0 aliphatic carbocycles. The SMILES string of the molecule is CC(C)C[C@H](NC(=O)CN)C(=O)N1C[C@H](O)C[C@H]1C(=O)NCC(=O)N[C@@H](CCC(N)=O)C(=O)N[C@@H](CCCN=C(N)N)C(=O)NCC(=O)N[C@@H](CCC(=O)O)C(=O)N[C@@H](CCCN=C(N)N)C(=O)O. The molecule has 7 atom stereocenters. The van der Waals surface area contributed by atoms with Gasteiger partial charge >= 0.3 is 11.9 Å². The first kappa shape index (κ1) is 59.6. The number of aliphatic imine (C=N–C) groups is 2. The molecule has 0 unspecified atom stereocenters. The van der Waals surface area contributed by atoms with Gasteiger partial charge in [-0.1, -0.05) is 13.8 Å². The minimum Gasteiger partial charge on any atom is -0.481 e. The highest BCUT2D eigenvalue weighted by atomic mass is 16.4. The molecular formula is C39H68N16O14. The van der Waals surface area contributed by atoms with Gasteiger partial charge in [-0.2, -0.15) is 0 Å². The van der Waals surface area contributed by atoms with Gasteiger partial charge in [0.1, 0.15) is 36.3 Å². The third-order valence-electron chi connectivity index (χ3n) is 10.0. The van der Waals surface area contributed by atoms with E-state index in [0.717, 1.165) is 4.90 Å². The number of guanidine groups is 2. The Morgan fingerprint density at radius 3 is 1.58 bits per heavy atom. The molecule has 22 N–H and O–H groups in total. The molecule has 0 aromatic rings. The molecule has 0 spiro atoms. The van der Waals surface area contributed by atoms with Crippen LogP contribution >= 0.6 is 0 Å². The molecule has 0 saturated carbocycles. The summed E-state index contributed by atoms with van der Waals surface area (Å²) in [5, 5.41) is 45.6. The standard InChI is InChI=1S/C39H68N16O14/c1-19(2)13-25(52-28(58)15-40)36(67)55-18-20(56)14-26(55)35(66)49-17-30(60)50-22(7-9-27(41)57)33(64)53-21(5-3-11-46-38(42)43)32(63)48-16-29(59)51-23(8-10-31(61)62)34(65)54-24(37(68)69)6-4-12-47-39(44)45/h19-26,56H,3-18,40H2,1-2H3,(H2,41,57)(H,48,63)(H,49,66)(H,50,60)(H,51,59)(H,52,58)(H,53,64)(H,54,65)(H,61,62)(H,68,69)(H4,42,43,46)(H4,44,45,47)/t20-,21+,22+,23+,24+,25+,26+/m1/s1. The summed E-state index contributed by atoms with van der Waals surface area (Å²) in [6.07, 6.45) is -3.19. The van der Waals surface area contributed by atoms with Gasteiger partial charge in [0.25, 0.3) is 0 Å². The van der Waals surface area contributed by atoms with Crippen LogP contribution in [0, 0.1) is 5.92 Å². The van der Waals surface area contributed by atoms with E-state index in [0.29, 0.717) is 0 Å².